The molecule has 0 aromatic carbocycles. The van der Waals surface area contributed by atoms with Crippen molar-refractivity contribution in [2.24, 2.45) is 11.3 Å². The summed E-state index contributed by atoms with van der Waals surface area (Å²) in [5, 5.41) is 11.8. The van der Waals surface area contributed by atoms with E-state index >= 15 is 0 Å². The molecular weight excluding hydrogens is 268 g/mol. The van der Waals surface area contributed by atoms with Gasteiger partial charge in [-0.25, -0.2) is 0 Å². The highest BCUT2D eigenvalue weighted by atomic mass is 16.3. The zero-order chi connectivity index (χ0) is 16.0. The molecule has 1 unspecified atom stereocenters. The average molecular weight is 298 g/mol. The first-order valence-corrected chi connectivity index (χ1v) is 7.96. The van der Waals surface area contributed by atoms with E-state index in [1.54, 1.807) is 0 Å². The Balaban J connectivity index is 2.39. The minimum atomic E-state index is -0.353. The number of amides is 2. The molecule has 5 nitrogen and oxygen atoms in total. The van der Waals surface area contributed by atoms with Crippen molar-refractivity contribution in [2.45, 2.75) is 59.4 Å². The second kappa shape index (κ2) is 7.78. The normalized spacial score (nSPS) is 18.4. The summed E-state index contributed by atoms with van der Waals surface area (Å²) in [7, 11) is 0. The van der Waals surface area contributed by atoms with Gasteiger partial charge in [0.15, 0.2) is 0 Å². The van der Waals surface area contributed by atoms with Gasteiger partial charge in [-0.1, -0.05) is 20.8 Å². The van der Waals surface area contributed by atoms with Crippen molar-refractivity contribution >= 4 is 11.8 Å². The fourth-order valence-electron chi connectivity index (χ4n) is 2.65. The van der Waals surface area contributed by atoms with Crippen molar-refractivity contribution in [1.82, 2.24) is 10.2 Å². The van der Waals surface area contributed by atoms with Gasteiger partial charge in [0.25, 0.3) is 0 Å². The molecule has 1 atom stereocenters. The number of carbonyl (C=O) groups is 2. The number of likely N-dealkylation sites (tertiary alicyclic amines) is 1. The number of hydrogen-bond donors (Lipinski definition) is 2. The standard InChI is InChI=1S/C16H30N2O3/c1-12(6-5-11-19)17-14(20)13-7-9-18(10-8-13)15(21)16(2,3)4/h12-13,19H,5-11H2,1-4H3,(H,17,20). The van der Waals surface area contributed by atoms with Crippen LogP contribution >= 0.6 is 0 Å². The predicted octanol–water partition coefficient (Wildman–Crippen LogP) is 1.55. The van der Waals surface area contributed by atoms with E-state index in [-0.39, 0.29) is 35.8 Å². The van der Waals surface area contributed by atoms with Crippen molar-refractivity contribution < 1.29 is 14.7 Å². The van der Waals surface area contributed by atoms with Gasteiger partial charge in [0, 0.05) is 37.1 Å². The minimum Gasteiger partial charge on any atom is -0.396 e. The van der Waals surface area contributed by atoms with E-state index < -0.39 is 0 Å². The summed E-state index contributed by atoms with van der Waals surface area (Å²) in [4.78, 5) is 26.2. The first-order valence-electron chi connectivity index (χ1n) is 7.96. The Labute approximate surface area is 128 Å². The molecule has 0 aliphatic carbocycles. The Morgan fingerprint density at radius 1 is 1.29 bits per heavy atom. The zero-order valence-electron chi connectivity index (χ0n) is 13.8. The molecule has 0 aromatic rings. The van der Waals surface area contributed by atoms with Crippen LogP contribution in [0.25, 0.3) is 0 Å². The SMILES string of the molecule is CC(CCCO)NC(=O)C1CCN(C(=O)C(C)(C)C)CC1. The van der Waals surface area contributed by atoms with Gasteiger partial charge in [-0.15, -0.1) is 0 Å². The van der Waals surface area contributed by atoms with E-state index in [1.165, 1.54) is 0 Å². The lowest BCUT2D eigenvalue weighted by atomic mass is 9.90. The lowest BCUT2D eigenvalue weighted by Crippen LogP contribution is -2.47. The second-order valence-electron chi connectivity index (χ2n) is 7.09. The van der Waals surface area contributed by atoms with E-state index in [4.69, 9.17) is 5.11 Å². The molecule has 2 amide bonds. The lowest BCUT2D eigenvalue weighted by molar-refractivity contribution is -0.142. The highest BCUT2D eigenvalue weighted by molar-refractivity contribution is 5.82. The molecule has 1 aliphatic rings. The molecule has 1 saturated heterocycles. The minimum absolute atomic E-state index is 0.00518. The number of rotatable bonds is 5. The van der Waals surface area contributed by atoms with Crippen molar-refractivity contribution in [3.63, 3.8) is 0 Å². The van der Waals surface area contributed by atoms with Gasteiger partial charge in [-0.2, -0.15) is 0 Å². The monoisotopic (exact) mass is 298 g/mol. The van der Waals surface area contributed by atoms with Crippen LogP contribution in [-0.4, -0.2) is 47.6 Å². The molecule has 0 saturated carbocycles. The molecule has 1 fully saturated rings. The van der Waals surface area contributed by atoms with Crippen LogP contribution in [0.3, 0.4) is 0 Å². The maximum absolute atomic E-state index is 12.2. The Morgan fingerprint density at radius 2 is 1.86 bits per heavy atom. The molecule has 0 bridgehead atoms. The van der Waals surface area contributed by atoms with Crippen molar-refractivity contribution in [2.75, 3.05) is 19.7 Å². The van der Waals surface area contributed by atoms with Crippen LogP contribution in [0.2, 0.25) is 0 Å². The molecule has 0 spiro atoms. The van der Waals surface area contributed by atoms with Crippen LogP contribution in [0.1, 0.15) is 53.4 Å². The lowest BCUT2D eigenvalue weighted by Gasteiger charge is -2.35. The maximum Gasteiger partial charge on any atom is 0.227 e. The predicted molar refractivity (Wildman–Crippen MR) is 82.7 cm³/mol. The molecule has 5 heteroatoms. The number of hydrogen-bond acceptors (Lipinski definition) is 3. The number of carbonyl (C=O) groups excluding carboxylic acids is 2. The van der Waals surface area contributed by atoms with Crippen molar-refractivity contribution in [3.8, 4) is 0 Å². The van der Waals surface area contributed by atoms with Crippen molar-refractivity contribution in [3.05, 3.63) is 0 Å². The fourth-order valence-corrected chi connectivity index (χ4v) is 2.65. The van der Waals surface area contributed by atoms with Gasteiger partial charge < -0.3 is 15.3 Å². The summed E-state index contributed by atoms with van der Waals surface area (Å²) in [6.07, 6.45) is 2.98. The van der Waals surface area contributed by atoms with Crippen molar-refractivity contribution in [1.29, 1.82) is 0 Å². The summed E-state index contributed by atoms with van der Waals surface area (Å²) in [6, 6.07) is 0.0962. The van der Waals surface area contributed by atoms with E-state index in [0.717, 1.165) is 19.3 Å². The largest absolute Gasteiger partial charge is 0.396 e. The molecule has 1 rings (SSSR count). The zero-order valence-corrected chi connectivity index (χ0v) is 13.8. The molecule has 21 heavy (non-hydrogen) atoms. The highest BCUT2D eigenvalue weighted by Crippen LogP contribution is 2.23. The average Bonchev–Trinajstić information content (AvgIpc) is 2.43. The summed E-state index contributed by atoms with van der Waals surface area (Å²) in [6.45, 7) is 9.24. The van der Waals surface area contributed by atoms with Gasteiger partial charge in [-0.3, -0.25) is 9.59 Å². The van der Waals surface area contributed by atoms with Gasteiger partial charge in [0.2, 0.25) is 11.8 Å². The molecule has 2 N–H and O–H groups in total. The molecule has 1 aliphatic heterocycles. The van der Waals surface area contributed by atoms with Crippen LogP contribution in [0.4, 0.5) is 0 Å². The van der Waals surface area contributed by atoms with E-state index in [9.17, 15) is 9.59 Å². The third kappa shape index (κ3) is 5.65. The second-order valence-corrected chi connectivity index (χ2v) is 7.09. The topological polar surface area (TPSA) is 69.6 Å². The third-order valence-electron chi connectivity index (χ3n) is 3.98. The Morgan fingerprint density at radius 3 is 2.33 bits per heavy atom. The van der Waals surface area contributed by atoms with Crippen LogP contribution < -0.4 is 5.32 Å². The first-order chi connectivity index (χ1) is 9.75. The van der Waals surface area contributed by atoms with E-state index in [2.05, 4.69) is 5.32 Å². The Kier molecular flexibility index (Phi) is 6.65. The molecular formula is C16H30N2O3. The molecule has 0 radical (unpaired) electrons. The van der Waals surface area contributed by atoms with Gasteiger partial charge in [0.05, 0.1) is 0 Å². The molecule has 0 aromatic heterocycles. The summed E-state index contributed by atoms with van der Waals surface area (Å²) in [5.41, 5.74) is -0.353. The van der Waals surface area contributed by atoms with Crippen LogP contribution in [0, 0.1) is 11.3 Å². The summed E-state index contributed by atoms with van der Waals surface area (Å²) in [5.74, 6) is 0.256. The number of nitrogens with zero attached hydrogens (tertiary/aromatic N) is 1. The molecule has 122 valence electrons. The first kappa shape index (κ1) is 18.0. The third-order valence-corrected chi connectivity index (χ3v) is 3.98. The van der Waals surface area contributed by atoms with Crippen LogP contribution in [0.5, 0.6) is 0 Å². The van der Waals surface area contributed by atoms with Gasteiger partial charge in [-0.05, 0) is 32.6 Å². The fraction of sp³-hybridized carbons (Fsp3) is 0.875. The highest BCUT2D eigenvalue weighted by Gasteiger charge is 2.32. The Bertz CT molecular complexity index is 355. The van der Waals surface area contributed by atoms with E-state index in [0.29, 0.717) is 19.5 Å². The summed E-state index contributed by atoms with van der Waals surface area (Å²) < 4.78 is 0. The number of nitrogens with one attached hydrogen (secondary N) is 1. The number of piperidine rings is 1. The number of aliphatic hydroxyl groups is 1. The Hall–Kier alpha value is -1.10. The van der Waals surface area contributed by atoms with E-state index in [1.807, 2.05) is 32.6 Å². The van der Waals surface area contributed by atoms with Gasteiger partial charge in [0.1, 0.15) is 0 Å². The van der Waals surface area contributed by atoms with Crippen LogP contribution in [-0.2, 0) is 9.59 Å². The smallest absolute Gasteiger partial charge is 0.227 e. The maximum atomic E-state index is 12.2. The van der Waals surface area contributed by atoms with Gasteiger partial charge >= 0.3 is 0 Å². The molecule has 1 heterocycles. The van der Waals surface area contributed by atoms with Crippen LogP contribution in [0.15, 0.2) is 0 Å². The summed E-state index contributed by atoms with van der Waals surface area (Å²) >= 11 is 0. The quantitative estimate of drug-likeness (QED) is 0.809. The number of aliphatic hydroxyl groups excluding tert-OH is 1.